The van der Waals surface area contributed by atoms with E-state index in [9.17, 15) is 4.79 Å². The summed E-state index contributed by atoms with van der Waals surface area (Å²) in [5.41, 5.74) is 0.845. The van der Waals surface area contributed by atoms with Gasteiger partial charge in [-0.2, -0.15) is 0 Å². The molecule has 0 bridgehead atoms. The highest BCUT2D eigenvalue weighted by molar-refractivity contribution is 5.90. The molecule has 1 rings (SSSR count). The fraction of sp³-hybridized carbons (Fsp3) is 0.588. The van der Waals surface area contributed by atoms with Crippen molar-refractivity contribution in [2.45, 2.75) is 46.3 Å². The van der Waals surface area contributed by atoms with Gasteiger partial charge in [0.05, 0.1) is 0 Å². The lowest BCUT2D eigenvalue weighted by atomic mass is 10.2. The van der Waals surface area contributed by atoms with Gasteiger partial charge >= 0.3 is 0 Å². The number of carbonyl (C=O) groups is 1. The summed E-state index contributed by atoms with van der Waals surface area (Å²) >= 11 is 0. The van der Waals surface area contributed by atoms with E-state index >= 15 is 0 Å². The van der Waals surface area contributed by atoms with Gasteiger partial charge in [0.25, 0.3) is 0 Å². The SMILES string of the molecule is CCC(OCCCC(=O)Nc1ccccc1)N(CC)CC. The van der Waals surface area contributed by atoms with Crippen LogP contribution in [0.4, 0.5) is 5.69 Å². The highest BCUT2D eigenvalue weighted by Gasteiger charge is 2.13. The van der Waals surface area contributed by atoms with Crippen LogP contribution in [0.15, 0.2) is 30.3 Å². The number of rotatable bonds is 10. The first-order valence-electron chi connectivity index (χ1n) is 7.91. The van der Waals surface area contributed by atoms with E-state index < -0.39 is 0 Å². The van der Waals surface area contributed by atoms with E-state index in [-0.39, 0.29) is 12.1 Å². The predicted octanol–water partition coefficient (Wildman–Crippen LogP) is 3.50. The third-order valence-corrected chi connectivity index (χ3v) is 3.48. The van der Waals surface area contributed by atoms with Gasteiger partial charge in [-0.05, 0) is 38.1 Å². The number of carbonyl (C=O) groups excluding carboxylic acids is 1. The fourth-order valence-electron chi connectivity index (χ4n) is 2.31. The molecule has 1 aromatic rings. The van der Waals surface area contributed by atoms with E-state index in [0.717, 1.165) is 31.6 Å². The smallest absolute Gasteiger partial charge is 0.224 e. The van der Waals surface area contributed by atoms with Gasteiger partial charge in [-0.1, -0.05) is 39.0 Å². The highest BCUT2D eigenvalue weighted by Crippen LogP contribution is 2.08. The maximum absolute atomic E-state index is 11.8. The zero-order valence-corrected chi connectivity index (χ0v) is 13.5. The topological polar surface area (TPSA) is 41.6 Å². The molecule has 1 atom stereocenters. The summed E-state index contributed by atoms with van der Waals surface area (Å²) in [7, 11) is 0. The van der Waals surface area contributed by atoms with Crippen molar-refractivity contribution in [1.29, 1.82) is 0 Å². The lowest BCUT2D eigenvalue weighted by molar-refractivity contribution is -0.117. The van der Waals surface area contributed by atoms with Gasteiger partial charge in [-0.15, -0.1) is 0 Å². The maximum Gasteiger partial charge on any atom is 0.224 e. The molecule has 0 spiro atoms. The van der Waals surface area contributed by atoms with Crippen molar-refractivity contribution in [3.05, 3.63) is 30.3 Å². The molecule has 1 unspecified atom stereocenters. The van der Waals surface area contributed by atoms with Crippen LogP contribution in [0.2, 0.25) is 0 Å². The predicted molar refractivity (Wildman–Crippen MR) is 87.3 cm³/mol. The van der Waals surface area contributed by atoms with Crippen molar-refractivity contribution < 1.29 is 9.53 Å². The molecule has 0 saturated carbocycles. The average Bonchev–Trinajstić information content (AvgIpc) is 2.51. The molecule has 0 heterocycles. The number of benzene rings is 1. The van der Waals surface area contributed by atoms with Gasteiger partial charge in [-0.25, -0.2) is 0 Å². The number of hydrogen-bond donors (Lipinski definition) is 1. The number of nitrogens with zero attached hydrogens (tertiary/aromatic N) is 1. The monoisotopic (exact) mass is 292 g/mol. The number of anilines is 1. The van der Waals surface area contributed by atoms with E-state index in [1.165, 1.54) is 0 Å². The van der Waals surface area contributed by atoms with Gasteiger partial charge in [0, 0.05) is 18.7 Å². The summed E-state index contributed by atoms with van der Waals surface area (Å²) in [6, 6.07) is 9.54. The molecule has 0 saturated heterocycles. The van der Waals surface area contributed by atoms with Crippen molar-refractivity contribution in [2.75, 3.05) is 25.0 Å². The average molecular weight is 292 g/mol. The Morgan fingerprint density at radius 1 is 1.19 bits per heavy atom. The molecule has 4 heteroatoms. The molecule has 0 aliphatic rings. The summed E-state index contributed by atoms with van der Waals surface area (Å²) in [4.78, 5) is 14.1. The zero-order chi connectivity index (χ0) is 15.5. The number of hydrogen-bond acceptors (Lipinski definition) is 3. The van der Waals surface area contributed by atoms with Gasteiger partial charge in [-0.3, -0.25) is 9.69 Å². The molecule has 0 aliphatic heterocycles. The normalized spacial score (nSPS) is 12.4. The van der Waals surface area contributed by atoms with E-state index in [0.29, 0.717) is 13.0 Å². The first-order chi connectivity index (χ1) is 10.2. The molecule has 0 fully saturated rings. The Labute approximate surface area is 128 Å². The summed E-state index contributed by atoms with van der Waals surface area (Å²) < 4.78 is 5.88. The van der Waals surface area contributed by atoms with Crippen LogP contribution < -0.4 is 5.32 Å². The number of nitrogens with one attached hydrogen (secondary N) is 1. The number of ether oxygens (including phenoxy) is 1. The van der Waals surface area contributed by atoms with Crippen LogP contribution in [0, 0.1) is 0 Å². The van der Waals surface area contributed by atoms with Gasteiger partial charge in [0.2, 0.25) is 5.91 Å². The molecule has 4 nitrogen and oxygen atoms in total. The number of amides is 1. The van der Waals surface area contributed by atoms with Crippen LogP contribution in [-0.4, -0.2) is 36.7 Å². The summed E-state index contributed by atoms with van der Waals surface area (Å²) in [6.45, 7) is 9.01. The quantitative estimate of drug-likeness (QED) is 0.530. The molecular formula is C17H28N2O2. The minimum Gasteiger partial charge on any atom is -0.363 e. The third-order valence-electron chi connectivity index (χ3n) is 3.48. The Morgan fingerprint density at radius 2 is 1.86 bits per heavy atom. The molecule has 0 radical (unpaired) electrons. The van der Waals surface area contributed by atoms with Crippen molar-refractivity contribution >= 4 is 11.6 Å². The largest absolute Gasteiger partial charge is 0.363 e. The Bertz CT molecular complexity index is 391. The molecule has 1 amide bonds. The van der Waals surface area contributed by atoms with E-state index in [2.05, 4.69) is 31.0 Å². The Balaban J connectivity index is 2.22. The van der Waals surface area contributed by atoms with Crippen LogP contribution in [0.5, 0.6) is 0 Å². The van der Waals surface area contributed by atoms with Gasteiger partial charge < -0.3 is 10.1 Å². The van der Waals surface area contributed by atoms with Crippen LogP contribution >= 0.6 is 0 Å². The minimum atomic E-state index is 0.0423. The number of para-hydroxylation sites is 1. The molecule has 0 aromatic heterocycles. The van der Waals surface area contributed by atoms with E-state index in [1.54, 1.807) is 0 Å². The summed E-state index contributed by atoms with van der Waals surface area (Å²) in [6.07, 6.45) is 2.37. The molecule has 1 N–H and O–H groups in total. The van der Waals surface area contributed by atoms with Crippen molar-refractivity contribution in [2.24, 2.45) is 0 Å². The molecule has 0 aliphatic carbocycles. The minimum absolute atomic E-state index is 0.0423. The van der Waals surface area contributed by atoms with Crippen LogP contribution in [0.25, 0.3) is 0 Å². The van der Waals surface area contributed by atoms with Crippen molar-refractivity contribution in [3.63, 3.8) is 0 Å². The third kappa shape index (κ3) is 6.74. The lowest BCUT2D eigenvalue weighted by Gasteiger charge is -2.28. The van der Waals surface area contributed by atoms with Crippen LogP contribution in [0.3, 0.4) is 0 Å². The van der Waals surface area contributed by atoms with E-state index in [1.807, 2.05) is 30.3 Å². The Morgan fingerprint density at radius 3 is 2.43 bits per heavy atom. The second-order valence-corrected chi connectivity index (χ2v) is 4.97. The summed E-state index contributed by atoms with van der Waals surface area (Å²) in [5, 5.41) is 2.88. The first-order valence-corrected chi connectivity index (χ1v) is 7.91. The van der Waals surface area contributed by atoms with Gasteiger partial charge in [0.1, 0.15) is 6.23 Å². The van der Waals surface area contributed by atoms with Crippen molar-refractivity contribution in [3.8, 4) is 0 Å². The summed E-state index contributed by atoms with van der Waals surface area (Å²) in [5.74, 6) is 0.0423. The molecular weight excluding hydrogens is 264 g/mol. The second-order valence-electron chi connectivity index (χ2n) is 4.97. The second kappa shape index (κ2) is 10.4. The first kappa shape index (κ1) is 17.7. The van der Waals surface area contributed by atoms with Crippen LogP contribution in [-0.2, 0) is 9.53 Å². The highest BCUT2D eigenvalue weighted by atomic mass is 16.5. The van der Waals surface area contributed by atoms with Crippen LogP contribution in [0.1, 0.15) is 40.0 Å². The molecule has 118 valence electrons. The standard InChI is InChI=1S/C17H28N2O2/c1-4-17(19(5-2)6-3)21-14-10-13-16(20)18-15-11-8-7-9-12-15/h7-9,11-12,17H,4-6,10,13-14H2,1-3H3,(H,18,20). The van der Waals surface area contributed by atoms with Gasteiger partial charge in [0.15, 0.2) is 0 Å². The van der Waals surface area contributed by atoms with Crippen molar-refractivity contribution in [1.82, 2.24) is 4.90 Å². The maximum atomic E-state index is 11.8. The Kier molecular flexibility index (Phi) is 8.71. The molecule has 1 aromatic carbocycles. The Hall–Kier alpha value is -1.39. The zero-order valence-electron chi connectivity index (χ0n) is 13.5. The fourth-order valence-corrected chi connectivity index (χ4v) is 2.31. The van der Waals surface area contributed by atoms with E-state index in [4.69, 9.17) is 4.74 Å². The lowest BCUT2D eigenvalue weighted by Crippen LogP contribution is -2.36. The molecule has 21 heavy (non-hydrogen) atoms.